The maximum Gasteiger partial charge on any atom is 0.494 e. The summed E-state index contributed by atoms with van der Waals surface area (Å²) in [5, 5.41) is 0. The number of halogens is 1. The van der Waals surface area contributed by atoms with Gasteiger partial charge >= 0.3 is 7.12 Å². The summed E-state index contributed by atoms with van der Waals surface area (Å²) < 4.78 is 31.8. The van der Waals surface area contributed by atoms with E-state index in [1.165, 1.54) is 0 Å². The Labute approximate surface area is 148 Å². The van der Waals surface area contributed by atoms with Crippen LogP contribution in [-0.2, 0) is 14.0 Å². The maximum absolute atomic E-state index is 14.5. The Bertz CT molecular complexity index is 572. The molecule has 0 spiro atoms. The van der Waals surface area contributed by atoms with E-state index >= 15 is 0 Å². The second kappa shape index (κ2) is 6.98. The van der Waals surface area contributed by atoms with Gasteiger partial charge in [0.25, 0.3) is 0 Å². The van der Waals surface area contributed by atoms with Crippen LogP contribution in [0, 0.1) is 11.7 Å². The van der Waals surface area contributed by atoms with Gasteiger partial charge in [0, 0.05) is 23.9 Å². The molecule has 0 aromatic heterocycles. The third-order valence-electron chi connectivity index (χ3n) is 5.30. The molecule has 0 unspecified atom stereocenters. The molecule has 0 radical (unpaired) electrons. The molecule has 3 nitrogen and oxygen atoms in total. The lowest BCUT2D eigenvalue weighted by atomic mass is 9.79. The molecule has 1 aromatic carbocycles. The van der Waals surface area contributed by atoms with E-state index in [2.05, 4.69) is 0 Å². The fourth-order valence-corrected chi connectivity index (χ4v) is 3.99. The van der Waals surface area contributed by atoms with Gasteiger partial charge in [-0.25, -0.2) is 4.39 Å². The van der Waals surface area contributed by atoms with Crippen molar-refractivity contribution in [1.82, 2.24) is 0 Å². The number of thioether (sulfide) groups is 1. The second-order valence-electron chi connectivity index (χ2n) is 7.64. The number of hydrogen-bond acceptors (Lipinski definition) is 4. The summed E-state index contributed by atoms with van der Waals surface area (Å²) >= 11 is 1.59. The zero-order valence-electron chi connectivity index (χ0n) is 14.9. The quantitative estimate of drug-likeness (QED) is 0.611. The van der Waals surface area contributed by atoms with Crippen LogP contribution in [-0.4, -0.2) is 37.3 Å². The first-order valence-corrected chi connectivity index (χ1v) is 9.63. The third-order valence-corrected chi connectivity index (χ3v) is 6.58. The highest BCUT2D eigenvalue weighted by molar-refractivity contribution is 7.99. The summed E-state index contributed by atoms with van der Waals surface area (Å²) in [6, 6.07) is 5.31. The fraction of sp³-hybridized carbons (Fsp3) is 0.667. The van der Waals surface area contributed by atoms with Crippen LogP contribution in [0.1, 0.15) is 40.5 Å². The van der Waals surface area contributed by atoms with Gasteiger partial charge in [-0.3, -0.25) is 0 Å². The third kappa shape index (κ3) is 3.82. The van der Waals surface area contributed by atoms with Crippen molar-refractivity contribution in [3.8, 4) is 0 Å². The van der Waals surface area contributed by atoms with Crippen molar-refractivity contribution >= 4 is 24.3 Å². The average Bonchev–Trinajstić information content (AvgIpc) is 2.75. The lowest BCUT2D eigenvalue weighted by Gasteiger charge is -2.32. The van der Waals surface area contributed by atoms with Crippen molar-refractivity contribution < 1.29 is 18.4 Å². The van der Waals surface area contributed by atoms with Gasteiger partial charge in [-0.2, -0.15) is 0 Å². The average molecular weight is 352 g/mol. The van der Waals surface area contributed by atoms with Crippen LogP contribution in [0.3, 0.4) is 0 Å². The summed E-state index contributed by atoms with van der Waals surface area (Å²) in [7, 11) is -0.515. The maximum atomic E-state index is 14.5. The Morgan fingerprint density at radius 3 is 2.33 bits per heavy atom. The predicted octanol–water partition coefficient (Wildman–Crippen LogP) is 3.64. The van der Waals surface area contributed by atoms with E-state index in [1.54, 1.807) is 17.8 Å². The van der Waals surface area contributed by atoms with Crippen molar-refractivity contribution in [3.63, 3.8) is 0 Å². The molecule has 2 saturated heterocycles. The molecule has 2 aliphatic heterocycles. The molecule has 0 atom stereocenters. The zero-order valence-corrected chi connectivity index (χ0v) is 15.7. The van der Waals surface area contributed by atoms with Gasteiger partial charge in [-0.15, -0.1) is 11.8 Å². The molecule has 0 aliphatic carbocycles. The smallest absolute Gasteiger partial charge is 0.399 e. The number of benzene rings is 1. The van der Waals surface area contributed by atoms with E-state index in [0.717, 1.165) is 37.3 Å². The Morgan fingerprint density at radius 2 is 1.75 bits per heavy atom. The van der Waals surface area contributed by atoms with Crippen molar-refractivity contribution in [1.29, 1.82) is 0 Å². The molecular formula is C18H26BFO3S. The zero-order chi connectivity index (χ0) is 17.4. The second-order valence-corrected chi connectivity index (χ2v) is 8.71. The lowest BCUT2D eigenvalue weighted by Crippen LogP contribution is -2.41. The van der Waals surface area contributed by atoms with Crippen molar-refractivity contribution in [2.75, 3.05) is 19.0 Å². The molecule has 132 valence electrons. The first-order valence-electron chi connectivity index (χ1n) is 8.64. The lowest BCUT2D eigenvalue weighted by molar-refractivity contribution is 0.00578. The van der Waals surface area contributed by atoms with E-state index < -0.39 is 18.3 Å². The van der Waals surface area contributed by atoms with Crippen LogP contribution in [0.15, 0.2) is 23.1 Å². The number of rotatable bonds is 4. The van der Waals surface area contributed by atoms with E-state index in [1.807, 2.05) is 39.8 Å². The molecule has 2 aliphatic rings. The van der Waals surface area contributed by atoms with Crippen molar-refractivity contribution in [3.05, 3.63) is 24.0 Å². The minimum Gasteiger partial charge on any atom is -0.399 e. The van der Waals surface area contributed by atoms with E-state index in [9.17, 15) is 4.39 Å². The van der Waals surface area contributed by atoms with Gasteiger partial charge in [-0.05, 0) is 64.1 Å². The number of hydrogen-bond donors (Lipinski definition) is 0. The minimum atomic E-state index is -0.515. The minimum absolute atomic E-state index is 0.195. The van der Waals surface area contributed by atoms with Crippen LogP contribution in [0.2, 0.25) is 0 Å². The molecule has 24 heavy (non-hydrogen) atoms. The Hall–Kier alpha value is -0.555. The molecule has 2 fully saturated rings. The standard InChI is InChI=1S/C18H26BFO3S/c1-17(2)18(3,4)23-19(22-17)14-5-6-16(15(20)11-14)24-12-13-7-9-21-10-8-13/h5-6,11,13H,7-10,12H2,1-4H3. The summed E-state index contributed by atoms with van der Waals surface area (Å²) in [5.74, 6) is 1.36. The van der Waals surface area contributed by atoms with Gasteiger partial charge in [0.15, 0.2) is 0 Å². The van der Waals surface area contributed by atoms with Gasteiger partial charge in [0.2, 0.25) is 0 Å². The first kappa shape index (κ1) is 18.2. The van der Waals surface area contributed by atoms with Crippen molar-refractivity contribution in [2.24, 2.45) is 5.92 Å². The predicted molar refractivity (Wildman–Crippen MR) is 96.4 cm³/mol. The van der Waals surface area contributed by atoms with Gasteiger partial charge in [0.1, 0.15) is 5.82 Å². The van der Waals surface area contributed by atoms with E-state index in [4.69, 9.17) is 14.0 Å². The molecule has 0 bridgehead atoms. The monoisotopic (exact) mass is 352 g/mol. The normalized spacial score (nSPS) is 23.6. The SMILES string of the molecule is CC1(C)OB(c2ccc(SCC3CCOCC3)c(F)c2)OC1(C)C. The van der Waals surface area contributed by atoms with Gasteiger partial charge in [-0.1, -0.05) is 6.07 Å². The highest BCUT2D eigenvalue weighted by Gasteiger charge is 2.51. The topological polar surface area (TPSA) is 27.7 Å². The Morgan fingerprint density at radius 1 is 1.12 bits per heavy atom. The highest BCUT2D eigenvalue weighted by Crippen LogP contribution is 2.36. The van der Waals surface area contributed by atoms with Crippen molar-refractivity contribution in [2.45, 2.75) is 56.6 Å². The Balaban J connectivity index is 1.64. The molecule has 2 heterocycles. The van der Waals surface area contributed by atoms with E-state index in [-0.39, 0.29) is 5.82 Å². The fourth-order valence-electron chi connectivity index (χ4n) is 2.88. The summed E-state index contributed by atoms with van der Waals surface area (Å²) in [6.07, 6.45) is 2.14. The van der Waals surface area contributed by atoms with Crippen LogP contribution < -0.4 is 5.46 Å². The highest BCUT2D eigenvalue weighted by atomic mass is 32.2. The van der Waals surface area contributed by atoms with Crippen LogP contribution in [0.5, 0.6) is 0 Å². The largest absolute Gasteiger partial charge is 0.494 e. The summed E-state index contributed by atoms with van der Waals surface area (Å²) in [4.78, 5) is 0.696. The molecular weight excluding hydrogens is 326 g/mol. The van der Waals surface area contributed by atoms with Crippen LogP contribution in [0.25, 0.3) is 0 Å². The molecule has 0 saturated carbocycles. The van der Waals surface area contributed by atoms with Crippen LogP contribution >= 0.6 is 11.8 Å². The van der Waals surface area contributed by atoms with Crippen LogP contribution in [0.4, 0.5) is 4.39 Å². The molecule has 3 rings (SSSR count). The molecule has 1 aromatic rings. The number of ether oxygens (including phenoxy) is 1. The first-order chi connectivity index (χ1) is 11.3. The van der Waals surface area contributed by atoms with Gasteiger partial charge < -0.3 is 14.0 Å². The molecule has 0 N–H and O–H groups in total. The molecule has 0 amide bonds. The molecule has 6 heteroatoms. The van der Waals surface area contributed by atoms with E-state index in [0.29, 0.717) is 10.8 Å². The summed E-state index contributed by atoms with van der Waals surface area (Å²) in [6.45, 7) is 9.66. The Kier molecular flexibility index (Phi) is 5.31. The summed E-state index contributed by atoms with van der Waals surface area (Å²) in [5.41, 5.74) is -0.0866. The van der Waals surface area contributed by atoms with Gasteiger partial charge in [0.05, 0.1) is 11.2 Å².